The topological polar surface area (TPSA) is 64.7 Å². The Morgan fingerprint density at radius 3 is 2.67 bits per heavy atom. The molecule has 0 aliphatic carbocycles. The van der Waals surface area contributed by atoms with Crippen LogP contribution in [0.4, 0.5) is 24.5 Å². The largest absolute Gasteiger partial charge is 0.409 e. The third-order valence-corrected chi connectivity index (χ3v) is 4.75. The summed E-state index contributed by atoms with van der Waals surface area (Å²) in [6, 6.07) is 3.94. The van der Waals surface area contributed by atoms with Gasteiger partial charge in [-0.2, -0.15) is 13.2 Å². The number of nitrogens with zero attached hydrogens (tertiary/aromatic N) is 2. The summed E-state index contributed by atoms with van der Waals surface area (Å²) >= 11 is 0. The van der Waals surface area contributed by atoms with Gasteiger partial charge in [-0.3, -0.25) is 19.4 Å². The summed E-state index contributed by atoms with van der Waals surface area (Å²) in [5.41, 5.74) is 0.291. The van der Waals surface area contributed by atoms with Crippen LogP contribution in [0.25, 0.3) is 0 Å². The van der Waals surface area contributed by atoms with E-state index in [9.17, 15) is 22.8 Å². The number of halogens is 4. The van der Waals surface area contributed by atoms with Crippen LogP contribution in [0.5, 0.6) is 0 Å². The third kappa shape index (κ3) is 4.72. The molecule has 0 aromatic heterocycles. The Kier molecular flexibility index (Phi) is 6.72. The normalized spacial score (nSPS) is 23.7. The number of nitrogens with one attached hydrogen (secondary N) is 2. The van der Waals surface area contributed by atoms with Crippen LogP contribution in [0.3, 0.4) is 0 Å². The molecular formula is C17H22ClF3N4O2. The lowest BCUT2D eigenvalue weighted by molar-refractivity contribution is -0.158. The number of benzene rings is 1. The summed E-state index contributed by atoms with van der Waals surface area (Å²) in [5.74, 6) is -1.42. The Labute approximate surface area is 161 Å². The number of para-hydroxylation sites is 2. The van der Waals surface area contributed by atoms with E-state index in [4.69, 9.17) is 0 Å². The highest BCUT2D eigenvalue weighted by molar-refractivity contribution is 6.05. The van der Waals surface area contributed by atoms with Crippen molar-refractivity contribution >= 4 is 35.6 Å². The molecule has 1 aromatic carbocycles. The van der Waals surface area contributed by atoms with E-state index in [0.717, 1.165) is 4.90 Å². The third-order valence-electron chi connectivity index (χ3n) is 4.75. The van der Waals surface area contributed by atoms with Gasteiger partial charge in [0.15, 0.2) is 0 Å². The number of alkyl halides is 3. The quantitative estimate of drug-likeness (QED) is 0.788. The monoisotopic (exact) mass is 406 g/mol. The van der Waals surface area contributed by atoms with Crippen molar-refractivity contribution in [3.63, 3.8) is 0 Å². The van der Waals surface area contributed by atoms with Crippen molar-refractivity contribution in [3.05, 3.63) is 24.3 Å². The predicted octanol–water partition coefficient (Wildman–Crippen LogP) is 2.01. The number of amides is 2. The van der Waals surface area contributed by atoms with Gasteiger partial charge in [0.05, 0.1) is 24.3 Å². The number of carbonyl (C=O) groups excluding carboxylic acids is 2. The fraction of sp³-hybridized carbons (Fsp3) is 0.529. The molecule has 2 amide bonds. The van der Waals surface area contributed by atoms with E-state index >= 15 is 0 Å². The van der Waals surface area contributed by atoms with Crippen molar-refractivity contribution < 1.29 is 22.8 Å². The van der Waals surface area contributed by atoms with Gasteiger partial charge in [-0.05, 0) is 19.1 Å². The average molecular weight is 407 g/mol. The molecule has 2 heterocycles. The number of fused-ring (bicyclic) bond motifs is 1. The van der Waals surface area contributed by atoms with E-state index in [2.05, 4.69) is 10.6 Å². The van der Waals surface area contributed by atoms with Crippen molar-refractivity contribution in [2.45, 2.75) is 31.6 Å². The van der Waals surface area contributed by atoms with Crippen molar-refractivity contribution in [2.75, 3.05) is 36.4 Å². The second-order valence-corrected chi connectivity index (χ2v) is 6.61. The van der Waals surface area contributed by atoms with Gasteiger partial charge in [0.2, 0.25) is 11.8 Å². The zero-order chi connectivity index (χ0) is 18.9. The second-order valence-electron chi connectivity index (χ2n) is 6.61. The lowest BCUT2D eigenvalue weighted by atomic mass is 10.1. The van der Waals surface area contributed by atoms with Crippen LogP contribution in [0.2, 0.25) is 0 Å². The molecular weight excluding hydrogens is 385 g/mol. The number of piperazine rings is 1. The summed E-state index contributed by atoms with van der Waals surface area (Å²) in [4.78, 5) is 27.5. The molecule has 1 saturated heterocycles. The van der Waals surface area contributed by atoms with Crippen molar-refractivity contribution in [1.82, 2.24) is 10.2 Å². The summed E-state index contributed by atoms with van der Waals surface area (Å²) in [6.45, 7) is 3.72. The van der Waals surface area contributed by atoms with Crippen LogP contribution in [-0.4, -0.2) is 61.2 Å². The molecule has 0 bridgehead atoms. The van der Waals surface area contributed by atoms with Gasteiger partial charge in [0.25, 0.3) is 0 Å². The first kappa shape index (κ1) is 21.5. The molecule has 2 aliphatic rings. The summed E-state index contributed by atoms with van der Waals surface area (Å²) in [5, 5.41) is 5.65. The van der Waals surface area contributed by atoms with Crippen LogP contribution in [0.15, 0.2) is 24.3 Å². The minimum absolute atomic E-state index is 0. The summed E-state index contributed by atoms with van der Waals surface area (Å²) in [6.07, 6.45) is -5.53. The van der Waals surface area contributed by atoms with Gasteiger partial charge >= 0.3 is 6.18 Å². The van der Waals surface area contributed by atoms with Crippen molar-refractivity contribution in [3.8, 4) is 0 Å². The molecule has 2 aliphatic heterocycles. The first-order chi connectivity index (χ1) is 12.3. The molecule has 0 radical (unpaired) electrons. The first-order valence-electron chi connectivity index (χ1n) is 8.50. The highest BCUT2D eigenvalue weighted by Gasteiger charge is 2.49. The van der Waals surface area contributed by atoms with E-state index < -0.39 is 30.5 Å². The summed E-state index contributed by atoms with van der Waals surface area (Å²) in [7, 11) is 0. The molecule has 27 heavy (non-hydrogen) atoms. The van der Waals surface area contributed by atoms with Gasteiger partial charge in [0.1, 0.15) is 6.04 Å². The lowest BCUT2D eigenvalue weighted by Crippen LogP contribution is -2.56. The Hall–Kier alpha value is -1.84. The highest BCUT2D eigenvalue weighted by atomic mass is 35.5. The van der Waals surface area contributed by atoms with Gasteiger partial charge in [0, 0.05) is 25.7 Å². The second kappa shape index (κ2) is 8.45. The maximum absolute atomic E-state index is 13.7. The number of hydrogen-bond acceptors (Lipinski definition) is 4. The van der Waals surface area contributed by atoms with Crippen LogP contribution in [0, 0.1) is 0 Å². The van der Waals surface area contributed by atoms with E-state index in [-0.39, 0.29) is 36.4 Å². The van der Waals surface area contributed by atoms with Gasteiger partial charge in [-0.1, -0.05) is 12.1 Å². The first-order valence-corrected chi connectivity index (χ1v) is 8.50. The Morgan fingerprint density at radius 1 is 1.30 bits per heavy atom. The number of anilines is 2. The van der Waals surface area contributed by atoms with E-state index in [1.807, 2.05) is 11.8 Å². The molecule has 0 saturated carbocycles. The Balaban J connectivity index is 0.00000261. The number of rotatable bonds is 2. The van der Waals surface area contributed by atoms with E-state index in [1.54, 1.807) is 12.1 Å². The van der Waals surface area contributed by atoms with Crippen molar-refractivity contribution in [2.24, 2.45) is 0 Å². The molecule has 6 nitrogen and oxygen atoms in total. The highest BCUT2D eigenvalue weighted by Crippen LogP contribution is 2.37. The molecule has 1 aromatic rings. The number of carbonyl (C=O) groups is 2. The molecule has 150 valence electrons. The predicted molar refractivity (Wildman–Crippen MR) is 98.2 cm³/mol. The zero-order valence-corrected chi connectivity index (χ0v) is 15.6. The van der Waals surface area contributed by atoms with Gasteiger partial charge in [-0.25, -0.2) is 0 Å². The maximum atomic E-state index is 13.7. The Bertz CT molecular complexity index is 701. The molecule has 10 heteroatoms. The van der Waals surface area contributed by atoms with Gasteiger partial charge < -0.3 is 10.6 Å². The van der Waals surface area contributed by atoms with E-state index in [0.29, 0.717) is 19.6 Å². The Morgan fingerprint density at radius 2 is 2.00 bits per heavy atom. The van der Waals surface area contributed by atoms with Crippen LogP contribution in [-0.2, 0) is 9.59 Å². The number of hydrogen-bond donors (Lipinski definition) is 2. The molecule has 2 atom stereocenters. The lowest BCUT2D eigenvalue weighted by Gasteiger charge is -2.37. The fourth-order valence-corrected chi connectivity index (χ4v) is 3.36. The minimum Gasteiger partial charge on any atom is -0.324 e. The van der Waals surface area contributed by atoms with Crippen molar-refractivity contribution in [1.29, 1.82) is 0 Å². The fourth-order valence-electron chi connectivity index (χ4n) is 3.36. The molecule has 0 spiro atoms. The van der Waals surface area contributed by atoms with Crippen LogP contribution < -0.4 is 15.5 Å². The standard InChI is InChI=1S/C17H21F3N4O2.ClH/c1-11-9-21-6-7-23(11)10-16(26)24-13-5-3-2-4-12(13)22-15(25)8-14(24)17(18,19)20;/h2-5,11,14,21H,6-10H2,1H3,(H,22,25);1H/t11-,14?;/m1./s1. The molecule has 3 rings (SSSR count). The SMILES string of the molecule is C[C@@H]1CNCCN1CC(=O)N1c2ccccc2NC(=O)CC1C(F)(F)F.Cl. The van der Waals surface area contributed by atoms with Crippen LogP contribution in [0.1, 0.15) is 13.3 Å². The maximum Gasteiger partial charge on any atom is 0.409 e. The van der Waals surface area contributed by atoms with Gasteiger partial charge in [-0.15, -0.1) is 12.4 Å². The molecule has 2 N–H and O–H groups in total. The molecule has 1 unspecified atom stereocenters. The van der Waals surface area contributed by atoms with Crippen LogP contribution >= 0.6 is 12.4 Å². The zero-order valence-electron chi connectivity index (χ0n) is 14.8. The summed E-state index contributed by atoms with van der Waals surface area (Å²) < 4.78 is 41.0. The average Bonchev–Trinajstić information content (AvgIpc) is 2.72. The smallest absolute Gasteiger partial charge is 0.324 e. The minimum atomic E-state index is -4.71. The van der Waals surface area contributed by atoms with E-state index in [1.165, 1.54) is 12.1 Å². The molecule has 1 fully saturated rings.